The zero-order chi connectivity index (χ0) is 37.9. The average Bonchev–Trinajstić information content (AvgIpc) is 3.17. The second-order valence-corrected chi connectivity index (χ2v) is 11.7. The lowest BCUT2D eigenvalue weighted by Crippen LogP contribution is -2.11. The summed E-state index contributed by atoms with van der Waals surface area (Å²) in [5.74, 6) is 0. The van der Waals surface area contributed by atoms with E-state index in [9.17, 15) is 42.1 Å². The van der Waals surface area contributed by atoms with Gasteiger partial charge in [-0.1, -0.05) is 54.6 Å². The third kappa shape index (κ3) is 7.42. The van der Waals surface area contributed by atoms with E-state index in [1.165, 1.54) is 12.1 Å². The summed E-state index contributed by atoms with van der Waals surface area (Å²) in [5, 5.41) is 28.3. The fourth-order valence-corrected chi connectivity index (χ4v) is 5.79. The highest BCUT2D eigenvalue weighted by atomic mass is 19.4. The molecule has 53 heavy (non-hydrogen) atoms. The molecule has 0 heterocycles. The number of halogens is 6. The van der Waals surface area contributed by atoms with Gasteiger partial charge in [0.25, 0.3) is 0 Å². The van der Waals surface area contributed by atoms with Crippen molar-refractivity contribution in [3.05, 3.63) is 167 Å². The number of alkyl halides is 6. The fourth-order valence-electron chi connectivity index (χ4n) is 5.79. The Morgan fingerprint density at radius 2 is 0.811 bits per heavy atom. The lowest BCUT2D eigenvalue weighted by molar-refractivity contribution is -0.143. The van der Waals surface area contributed by atoms with Crippen LogP contribution in [0, 0.1) is 40.6 Å². The highest BCUT2D eigenvalue weighted by Crippen LogP contribution is 2.41. The first-order valence-corrected chi connectivity index (χ1v) is 15.6. The molecule has 0 atom stereocenters. The predicted molar refractivity (Wildman–Crippen MR) is 188 cm³/mol. The van der Waals surface area contributed by atoms with Crippen molar-refractivity contribution in [2.24, 2.45) is 0 Å². The molecule has 0 saturated carbocycles. The lowest BCUT2D eigenvalue weighted by Gasteiger charge is -2.26. The van der Waals surface area contributed by atoms with Gasteiger partial charge in [0, 0.05) is 17.1 Å². The van der Waals surface area contributed by atoms with E-state index >= 15 is 0 Å². The molecule has 256 valence electrons. The van der Waals surface area contributed by atoms with Gasteiger partial charge in [0.2, 0.25) is 5.69 Å². The summed E-state index contributed by atoms with van der Waals surface area (Å²) in [6.07, 6.45) is -9.98. The van der Waals surface area contributed by atoms with Gasteiger partial charge in [0.15, 0.2) is 0 Å². The fraction of sp³-hybridized carbons (Fsp3) is 0.0476. The second-order valence-electron chi connectivity index (χ2n) is 11.7. The Morgan fingerprint density at radius 1 is 0.434 bits per heavy atom. The van der Waals surface area contributed by atoms with Crippen LogP contribution in [0.2, 0.25) is 0 Å². The van der Waals surface area contributed by atoms with Gasteiger partial charge in [-0.15, -0.1) is 0 Å². The maximum Gasteiger partial charge on any atom is 0.416 e. The zero-order valence-electron chi connectivity index (χ0n) is 27.1. The molecule has 0 aliphatic heterocycles. The molecular formula is C42H21F6N5. The molecular weight excluding hydrogens is 688 g/mol. The van der Waals surface area contributed by atoms with E-state index < -0.39 is 23.5 Å². The number of nitrogens with zero attached hydrogens (tertiary/aromatic N) is 5. The monoisotopic (exact) mass is 709 g/mol. The molecule has 6 aromatic rings. The molecule has 6 rings (SSSR count). The Labute approximate surface area is 299 Å². The van der Waals surface area contributed by atoms with E-state index in [-0.39, 0.29) is 39.6 Å². The Hall–Kier alpha value is -7.34. The van der Waals surface area contributed by atoms with Gasteiger partial charge in [0.05, 0.1) is 40.5 Å². The topological polar surface area (TPSA) is 79.0 Å². The van der Waals surface area contributed by atoms with Gasteiger partial charge in [-0.2, -0.15) is 42.1 Å². The van der Waals surface area contributed by atoms with Crippen molar-refractivity contribution in [1.82, 2.24) is 0 Å². The highest BCUT2D eigenvalue weighted by molar-refractivity contribution is 5.82. The van der Waals surface area contributed by atoms with E-state index in [2.05, 4.69) is 4.85 Å². The number of rotatable bonds is 6. The van der Waals surface area contributed by atoms with Crippen LogP contribution in [-0.2, 0) is 12.4 Å². The molecule has 0 unspecified atom stereocenters. The van der Waals surface area contributed by atoms with Crippen LogP contribution in [0.25, 0.3) is 38.2 Å². The van der Waals surface area contributed by atoms with Crippen LogP contribution in [0.4, 0.5) is 49.1 Å². The minimum atomic E-state index is -4.99. The van der Waals surface area contributed by atoms with Crippen LogP contribution >= 0.6 is 0 Å². The van der Waals surface area contributed by atoms with Gasteiger partial charge in [0.1, 0.15) is 12.1 Å². The van der Waals surface area contributed by atoms with Crippen LogP contribution in [-0.4, -0.2) is 0 Å². The first-order valence-electron chi connectivity index (χ1n) is 15.6. The molecule has 0 radical (unpaired) electrons. The van der Waals surface area contributed by atoms with Crippen LogP contribution in [0.5, 0.6) is 0 Å². The predicted octanol–water partition coefficient (Wildman–Crippen LogP) is 12.4. The van der Waals surface area contributed by atoms with E-state index in [4.69, 9.17) is 6.57 Å². The SMILES string of the molecule is [C-]#[N+]c1ccc(-c2ccc(N(c3ccc(-c4cc(C(F)(F)F)cc(C(F)(F)F)c4)cc3)c3ccc(-c4ccc(C#N)c(C#N)c4)cc3)cc2)cc1C#N. The molecule has 5 nitrogen and oxygen atoms in total. The smallest absolute Gasteiger partial charge is 0.311 e. The molecule has 0 bridgehead atoms. The van der Waals surface area contributed by atoms with Crippen molar-refractivity contribution in [3.8, 4) is 51.6 Å². The minimum absolute atomic E-state index is 0.0895. The molecule has 6 aromatic carbocycles. The van der Waals surface area contributed by atoms with Gasteiger partial charge in [-0.05, 0) is 106 Å². The summed E-state index contributed by atoms with van der Waals surface area (Å²) in [7, 11) is 0. The van der Waals surface area contributed by atoms with Crippen LogP contribution in [0.3, 0.4) is 0 Å². The molecule has 0 N–H and O–H groups in total. The van der Waals surface area contributed by atoms with Gasteiger partial charge >= 0.3 is 12.4 Å². The van der Waals surface area contributed by atoms with Crippen molar-refractivity contribution in [3.63, 3.8) is 0 Å². The summed E-state index contributed by atoms with van der Waals surface area (Å²) in [5.41, 5.74) is 2.75. The Balaban J connectivity index is 1.42. The average molecular weight is 710 g/mol. The maximum absolute atomic E-state index is 13.6. The Bertz CT molecular complexity index is 2360. The first kappa shape index (κ1) is 35.5. The Kier molecular flexibility index (Phi) is 9.45. The maximum atomic E-state index is 13.6. The van der Waals surface area contributed by atoms with Crippen LogP contribution in [0.1, 0.15) is 27.8 Å². The van der Waals surface area contributed by atoms with Crippen molar-refractivity contribution in [2.75, 3.05) is 4.90 Å². The minimum Gasteiger partial charge on any atom is -0.311 e. The highest BCUT2D eigenvalue weighted by Gasteiger charge is 2.37. The molecule has 0 aromatic heterocycles. The number of benzene rings is 6. The third-order valence-corrected chi connectivity index (χ3v) is 8.46. The van der Waals surface area contributed by atoms with Crippen molar-refractivity contribution in [2.45, 2.75) is 12.4 Å². The molecule has 0 spiro atoms. The lowest BCUT2D eigenvalue weighted by atomic mass is 9.98. The summed E-state index contributed by atoms with van der Waals surface area (Å²) in [6, 6.07) is 37.9. The van der Waals surface area contributed by atoms with Gasteiger partial charge < -0.3 is 4.90 Å². The molecule has 0 aliphatic carbocycles. The quantitative estimate of drug-likeness (QED) is 0.127. The normalized spacial score (nSPS) is 11.1. The number of hydrogen-bond acceptors (Lipinski definition) is 4. The van der Waals surface area contributed by atoms with Crippen LogP contribution in [0.15, 0.2) is 127 Å². The molecule has 0 fully saturated rings. The van der Waals surface area contributed by atoms with Crippen molar-refractivity contribution in [1.29, 1.82) is 15.8 Å². The third-order valence-electron chi connectivity index (χ3n) is 8.46. The number of nitriles is 3. The first-order chi connectivity index (χ1) is 25.3. The summed E-state index contributed by atoms with van der Waals surface area (Å²) in [4.78, 5) is 5.21. The van der Waals surface area contributed by atoms with E-state index in [0.29, 0.717) is 40.3 Å². The van der Waals surface area contributed by atoms with E-state index in [0.717, 1.165) is 11.1 Å². The molecule has 0 aliphatic rings. The summed E-state index contributed by atoms with van der Waals surface area (Å²) in [6.45, 7) is 7.28. The molecule has 0 saturated heterocycles. The van der Waals surface area contributed by atoms with Crippen molar-refractivity contribution >= 4 is 22.7 Å². The summed E-state index contributed by atoms with van der Waals surface area (Å²) >= 11 is 0. The largest absolute Gasteiger partial charge is 0.416 e. The van der Waals surface area contributed by atoms with Crippen molar-refractivity contribution < 1.29 is 26.3 Å². The Morgan fingerprint density at radius 3 is 1.21 bits per heavy atom. The number of hydrogen-bond donors (Lipinski definition) is 0. The van der Waals surface area contributed by atoms with Crippen LogP contribution < -0.4 is 4.90 Å². The second kappa shape index (κ2) is 14.1. The standard InChI is InChI=1S/C42H21F6N5/c1-52-40-17-10-30(19-34(40)25-51)27-6-13-38(14-7-27)53(37-11-4-26(5-12-37)29-2-3-31(23-49)33(18-29)24-50)39-15-8-28(9-16-39)32-20-35(41(43,44)45)22-36(21-32)42(46,47)48/h2-22H. The number of anilines is 3. The molecule has 11 heteroatoms. The van der Waals surface area contributed by atoms with E-state index in [1.807, 2.05) is 71.6 Å². The van der Waals surface area contributed by atoms with E-state index in [1.54, 1.807) is 48.5 Å². The van der Waals surface area contributed by atoms with Gasteiger partial charge in [-0.3, -0.25) is 0 Å². The van der Waals surface area contributed by atoms with Gasteiger partial charge in [-0.25, -0.2) is 4.85 Å². The summed E-state index contributed by atoms with van der Waals surface area (Å²) < 4.78 is 81.5. The molecule has 0 amide bonds. The zero-order valence-corrected chi connectivity index (χ0v) is 27.1.